The minimum Gasteiger partial charge on any atom is -0.481 e. The fraction of sp³-hybridized carbons (Fsp3) is 0.467. The van der Waals surface area contributed by atoms with Crippen molar-refractivity contribution in [3.05, 3.63) is 28.9 Å². The first kappa shape index (κ1) is 14.3. The molecular weight excluding hydrogens is 297 g/mol. The number of benzene rings is 1. The standard InChI is InChI=1S/C15H15ClFNO3/c16-9-6-11-12(7-10(9)17)21-13(18-11)8-15(14(19)20)4-2-1-3-5-15/h6-7H,1-5,8H2,(H,19,20). The molecule has 6 heteroatoms. The van der Waals surface area contributed by atoms with Crippen LogP contribution in [0.25, 0.3) is 11.1 Å². The van der Waals surface area contributed by atoms with Crippen LogP contribution in [-0.4, -0.2) is 16.1 Å². The Balaban J connectivity index is 1.94. The molecule has 112 valence electrons. The number of hydrogen-bond donors (Lipinski definition) is 1. The van der Waals surface area contributed by atoms with Gasteiger partial charge in [-0.15, -0.1) is 0 Å². The second-order valence-electron chi connectivity index (χ2n) is 5.66. The average Bonchev–Trinajstić information content (AvgIpc) is 2.81. The molecule has 0 amide bonds. The summed E-state index contributed by atoms with van der Waals surface area (Å²) in [6.07, 6.45) is 4.33. The molecule has 1 aliphatic carbocycles. The van der Waals surface area contributed by atoms with E-state index in [-0.39, 0.29) is 11.4 Å². The molecule has 1 heterocycles. The van der Waals surface area contributed by atoms with Gasteiger partial charge in [0.2, 0.25) is 0 Å². The van der Waals surface area contributed by atoms with E-state index in [0.29, 0.717) is 29.8 Å². The number of halogens is 2. The Hall–Kier alpha value is -1.62. The van der Waals surface area contributed by atoms with Gasteiger partial charge in [-0.05, 0) is 18.9 Å². The first-order chi connectivity index (χ1) is 10.00. The zero-order valence-corrected chi connectivity index (χ0v) is 12.1. The molecule has 0 radical (unpaired) electrons. The van der Waals surface area contributed by atoms with Crippen LogP contribution in [0.15, 0.2) is 16.5 Å². The summed E-state index contributed by atoms with van der Waals surface area (Å²) in [5.74, 6) is -1.05. The maximum absolute atomic E-state index is 13.4. The zero-order chi connectivity index (χ0) is 15.0. The summed E-state index contributed by atoms with van der Waals surface area (Å²) >= 11 is 5.72. The monoisotopic (exact) mass is 311 g/mol. The summed E-state index contributed by atoms with van der Waals surface area (Å²) in [6.45, 7) is 0. The number of carboxylic acid groups (broad SMARTS) is 1. The Morgan fingerprint density at radius 2 is 2.10 bits per heavy atom. The van der Waals surface area contributed by atoms with Crippen LogP contribution in [0.1, 0.15) is 38.0 Å². The Kier molecular flexibility index (Phi) is 3.61. The minimum atomic E-state index is -0.818. The van der Waals surface area contributed by atoms with Crippen molar-refractivity contribution in [2.24, 2.45) is 5.41 Å². The number of aromatic nitrogens is 1. The predicted octanol–water partition coefficient (Wildman–Crippen LogP) is 4.20. The number of nitrogens with zero attached hydrogens (tertiary/aromatic N) is 1. The second kappa shape index (κ2) is 5.30. The second-order valence-corrected chi connectivity index (χ2v) is 6.07. The highest BCUT2D eigenvalue weighted by atomic mass is 35.5. The number of hydrogen-bond acceptors (Lipinski definition) is 3. The van der Waals surface area contributed by atoms with Gasteiger partial charge in [0, 0.05) is 12.5 Å². The van der Waals surface area contributed by atoms with E-state index >= 15 is 0 Å². The number of oxazole rings is 1. The Morgan fingerprint density at radius 3 is 2.76 bits per heavy atom. The Bertz CT molecular complexity index is 653. The number of fused-ring (bicyclic) bond motifs is 1. The molecule has 21 heavy (non-hydrogen) atoms. The van der Waals surface area contributed by atoms with Crippen LogP contribution in [0, 0.1) is 11.2 Å². The topological polar surface area (TPSA) is 63.3 Å². The van der Waals surface area contributed by atoms with E-state index in [0.717, 1.165) is 19.3 Å². The van der Waals surface area contributed by atoms with E-state index < -0.39 is 17.2 Å². The molecule has 1 aliphatic rings. The van der Waals surface area contributed by atoms with Crippen LogP contribution in [-0.2, 0) is 11.2 Å². The third-order valence-corrected chi connectivity index (χ3v) is 4.52. The summed E-state index contributed by atoms with van der Waals surface area (Å²) < 4.78 is 18.9. The molecule has 1 saturated carbocycles. The minimum absolute atomic E-state index is 0.0204. The molecule has 0 bridgehead atoms. The van der Waals surface area contributed by atoms with E-state index in [1.807, 2.05) is 0 Å². The zero-order valence-electron chi connectivity index (χ0n) is 11.4. The normalized spacial score (nSPS) is 18.0. The maximum Gasteiger partial charge on any atom is 0.310 e. The molecule has 0 atom stereocenters. The molecule has 3 rings (SSSR count). The van der Waals surface area contributed by atoms with Crippen molar-refractivity contribution >= 4 is 28.7 Å². The molecule has 0 aliphatic heterocycles. The fourth-order valence-electron chi connectivity index (χ4n) is 3.03. The van der Waals surface area contributed by atoms with E-state index in [1.54, 1.807) is 0 Å². The first-order valence-corrected chi connectivity index (χ1v) is 7.36. The molecule has 1 fully saturated rings. The van der Waals surface area contributed by atoms with Crippen LogP contribution in [0.5, 0.6) is 0 Å². The smallest absolute Gasteiger partial charge is 0.310 e. The van der Waals surface area contributed by atoms with Crippen LogP contribution < -0.4 is 0 Å². The molecular formula is C15H15ClFNO3. The van der Waals surface area contributed by atoms with Crippen molar-refractivity contribution < 1.29 is 18.7 Å². The predicted molar refractivity (Wildman–Crippen MR) is 75.8 cm³/mol. The van der Waals surface area contributed by atoms with E-state index in [1.165, 1.54) is 12.1 Å². The Labute approximate surface area is 125 Å². The van der Waals surface area contributed by atoms with Gasteiger partial charge in [-0.25, -0.2) is 9.37 Å². The van der Waals surface area contributed by atoms with Crippen molar-refractivity contribution in [3.8, 4) is 0 Å². The van der Waals surface area contributed by atoms with Gasteiger partial charge in [0.05, 0.1) is 10.4 Å². The first-order valence-electron chi connectivity index (χ1n) is 6.98. The van der Waals surface area contributed by atoms with Crippen LogP contribution in [0.3, 0.4) is 0 Å². The van der Waals surface area contributed by atoms with Gasteiger partial charge in [-0.1, -0.05) is 30.9 Å². The van der Waals surface area contributed by atoms with Gasteiger partial charge in [-0.3, -0.25) is 4.79 Å². The average molecular weight is 312 g/mol. The highest BCUT2D eigenvalue weighted by Gasteiger charge is 2.41. The van der Waals surface area contributed by atoms with Gasteiger partial charge < -0.3 is 9.52 Å². The van der Waals surface area contributed by atoms with Gasteiger partial charge in [0.25, 0.3) is 0 Å². The lowest BCUT2D eigenvalue weighted by atomic mass is 9.72. The van der Waals surface area contributed by atoms with Gasteiger partial charge in [-0.2, -0.15) is 0 Å². The highest BCUT2D eigenvalue weighted by Crippen LogP contribution is 2.40. The molecule has 2 aromatic rings. The third kappa shape index (κ3) is 2.62. The van der Waals surface area contributed by atoms with Gasteiger partial charge >= 0.3 is 5.97 Å². The van der Waals surface area contributed by atoms with Crippen LogP contribution in [0.4, 0.5) is 4.39 Å². The lowest BCUT2D eigenvalue weighted by Gasteiger charge is -2.31. The summed E-state index contributed by atoms with van der Waals surface area (Å²) in [5.41, 5.74) is -0.0717. The van der Waals surface area contributed by atoms with Gasteiger partial charge in [0.1, 0.15) is 11.3 Å². The quantitative estimate of drug-likeness (QED) is 0.922. The van der Waals surface area contributed by atoms with Crippen LogP contribution >= 0.6 is 11.6 Å². The fourth-order valence-corrected chi connectivity index (χ4v) is 3.19. The number of carboxylic acids is 1. The number of carbonyl (C=O) groups is 1. The van der Waals surface area contributed by atoms with Crippen molar-refractivity contribution in [2.75, 3.05) is 0 Å². The van der Waals surface area contributed by atoms with Crippen LogP contribution in [0.2, 0.25) is 5.02 Å². The Morgan fingerprint density at radius 1 is 1.38 bits per heavy atom. The molecule has 0 spiro atoms. The van der Waals surface area contributed by atoms with Crippen molar-refractivity contribution in [3.63, 3.8) is 0 Å². The SMILES string of the molecule is O=C(O)C1(Cc2nc3cc(Cl)c(F)cc3o2)CCCCC1. The molecule has 1 aromatic carbocycles. The summed E-state index contributed by atoms with van der Waals surface area (Å²) in [4.78, 5) is 15.9. The van der Waals surface area contributed by atoms with Crippen molar-refractivity contribution in [1.29, 1.82) is 0 Å². The molecule has 4 nitrogen and oxygen atoms in total. The van der Waals surface area contributed by atoms with Crippen molar-refractivity contribution in [1.82, 2.24) is 4.98 Å². The third-order valence-electron chi connectivity index (χ3n) is 4.23. The molecule has 1 aromatic heterocycles. The summed E-state index contributed by atoms with van der Waals surface area (Å²) in [5, 5.41) is 9.54. The largest absolute Gasteiger partial charge is 0.481 e. The molecule has 1 N–H and O–H groups in total. The van der Waals surface area contributed by atoms with E-state index in [9.17, 15) is 14.3 Å². The number of rotatable bonds is 3. The lowest BCUT2D eigenvalue weighted by Crippen LogP contribution is -2.35. The molecule has 0 saturated heterocycles. The van der Waals surface area contributed by atoms with Gasteiger partial charge in [0.15, 0.2) is 11.5 Å². The highest BCUT2D eigenvalue weighted by molar-refractivity contribution is 6.31. The van der Waals surface area contributed by atoms with E-state index in [2.05, 4.69) is 4.98 Å². The summed E-state index contributed by atoms with van der Waals surface area (Å²) in [7, 11) is 0. The van der Waals surface area contributed by atoms with E-state index in [4.69, 9.17) is 16.0 Å². The summed E-state index contributed by atoms with van der Waals surface area (Å²) in [6, 6.07) is 2.58. The van der Waals surface area contributed by atoms with Crippen molar-refractivity contribution in [2.45, 2.75) is 38.5 Å². The molecule has 0 unspecified atom stereocenters. The lowest BCUT2D eigenvalue weighted by molar-refractivity contribution is -0.151. The maximum atomic E-state index is 13.4. The number of aliphatic carboxylic acids is 1.